The van der Waals surface area contributed by atoms with Crippen LogP contribution in [-0.2, 0) is 13.6 Å². The van der Waals surface area contributed by atoms with E-state index in [1.807, 2.05) is 6.26 Å². The van der Waals surface area contributed by atoms with Gasteiger partial charge >= 0.3 is 8.56 Å². The van der Waals surface area contributed by atoms with Crippen molar-refractivity contribution in [2.75, 3.05) is 6.26 Å². The fourth-order valence-corrected chi connectivity index (χ4v) is 10.3. The highest BCUT2D eigenvalue weighted by atomic mass is 32.2. The molecule has 0 bridgehead atoms. The van der Waals surface area contributed by atoms with E-state index < -0.39 is 14.2 Å². The Balaban J connectivity index is 1.87. The number of thioether (sulfide) groups is 1. The zero-order valence-corrected chi connectivity index (χ0v) is 27.2. The third-order valence-electron chi connectivity index (χ3n) is 8.28. The lowest BCUT2D eigenvalue weighted by Gasteiger charge is -2.51. The summed E-state index contributed by atoms with van der Waals surface area (Å²) in [6.07, 6.45) is 5.67. The molecule has 1 saturated carbocycles. The summed E-state index contributed by atoms with van der Waals surface area (Å²) in [4.78, 5) is 0. The smallest absolute Gasteiger partial charge is 0.407 e. The molecule has 210 valence electrons. The molecule has 2 aliphatic rings. The maximum Gasteiger partial charge on any atom is 0.407 e. The first kappa shape index (κ1) is 30.3. The Hall–Kier alpha value is -1.70. The summed E-state index contributed by atoms with van der Waals surface area (Å²) in [6, 6.07) is 21.0. The molecule has 2 aromatic carbocycles. The van der Waals surface area contributed by atoms with Crippen LogP contribution in [0.15, 0.2) is 84.0 Å². The van der Waals surface area contributed by atoms with Gasteiger partial charge in [-0.15, -0.1) is 0 Å². The molecule has 0 spiro atoms. The molecule has 2 aromatic rings. The molecule has 1 fully saturated rings. The number of rotatable bonds is 7. The first-order valence-corrected chi connectivity index (χ1v) is 17.4. The van der Waals surface area contributed by atoms with Crippen molar-refractivity contribution in [2.45, 2.75) is 85.0 Å². The topological polar surface area (TPSA) is 27.7 Å². The van der Waals surface area contributed by atoms with Crippen molar-refractivity contribution >= 4 is 47.3 Å². The standard InChI is InChI=1S/C33H44O3S2Si/c1-23(2)25-19-20-33(7)22-29(30(34-31(37)38-8)24(3)28(33)21-25)35-39(36-32(4,5)6,26-15-11-9-12-16-26)27-17-13-10-14-18-27/h9-18,25,29-30H,1,19-22H2,2-8H3/t25-,29+,30?,33-/m1/s1. The van der Waals surface area contributed by atoms with Gasteiger partial charge in [-0.25, -0.2) is 0 Å². The number of hydrogen-bond acceptors (Lipinski definition) is 5. The summed E-state index contributed by atoms with van der Waals surface area (Å²) < 4.78 is 21.8. The molecule has 0 amide bonds. The SMILES string of the molecule is C=C(C)[C@@H]1CC[C@]2(C)C[C@H](O[Si](OC(C)(C)C)(c3ccccc3)c3ccccc3)C(OC(=S)SC)C(C)=C2C1. The minimum absolute atomic E-state index is 0.0385. The molecule has 0 radical (unpaired) electrons. The monoisotopic (exact) mass is 580 g/mol. The second kappa shape index (κ2) is 12.0. The van der Waals surface area contributed by atoms with Gasteiger partial charge in [-0.05, 0) is 106 Å². The van der Waals surface area contributed by atoms with Gasteiger partial charge < -0.3 is 13.6 Å². The molecule has 0 aromatic heterocycles. The molecular formula is C33H44O3S2Si. The van der Waals surface area contributed by atoms with Crippen LogP contribution in [0, 0.1) is 11.3 Å². The van der Waals surface area contributed by atoms with Crippen molar-refractivity contribution in [1.82, 2.24) is 0 Å². The lowest BCUT2D eigenvalue weighted by Crippen LogP contribution is -2.68. The van der Waals surface area contributed by atoms with Gasteiger partial charge in [-0.2, -0.15) is 0 Å². The second-order valence-corrected chi connectivity index (χ2v) is 16.7. The van der Waals surface area contributed by atoms with Crippen molar-refractivity contribution < 1.29 is 13.6 Å². The fourth-order valence-electron chi connectivity index (χ4n) is 6.35. The Bertz CT molecular complexity index is 1160. The van der Waals surface area contributed by atoms with Crippen LogP contribution in [0.2, 0.25) is 0 Å². The Morgan fingerprint density at radius 2 is 1.62 bits per heavy atom. The molecule has 0 N–H and O–H groups in total. The number of thiocarbonyl (C=S) groups is 1. The van der Waals surface area contributed by atoms with E-state index in [2.05, 4.69) is 109 Å². The van der Waals surface area contributed by atoms with Crippen LogP contribution in [0.5, 0.6) is 0 Å². The Kier molecular flexibility index (Phi) is 9.34. The first-order chi connectivity index (χ1) is 18.4. The van der Waals surface area contributed by atoms with E-state index in [1.165, 1.54) is 28.5 Å². The molecule has 4 rings (SSSR count). The minimum atomic E-state index is -3.19. The van der Waals surface area contributed by atoms with E-state index in [1.54, 1.807) is 0 Å². The van der Waals surface area contributed by atoms with E-state index in [4.69, 9.17) is 25.8 Å². The average molecular weight is 581 g/mol. The number of ether oxygens (including phenoxy) is 1. The van der Waals surface area contributed by atoms with Gasteiger partial charge in [0.1, 0.15) is 6.10 Å². The maximum absolute atomic E-state index is 7.52. The molecule has 4 atom stereocenters. The average Bonchev–Trinajstić information content (AvgIpc) is 2.90. The number of hydrogen-bond donors (Lipinski definition) is 0. The van der Waals surface area contributed by atoms with Gasteiger partial charge in [0.25, 0.3) is 0 Å². The van der Waals surface area contributed by atoms with Crippen LogP contribution in [-0.4, -0.2) is 37.0 Å². The Morgan fingerprint density at radius 3 is 2.10 bits per heavy atom. The largest absolute Gasteiger partial charge is 0.468 e. The van der Waals surface area contributed by atoms with E-state index in [0.29, 0.717) is 10.3 Å². The zero-order chi connectivity index (χ0) is 28.4. The zero-order valence-electron chi connectivity index (χ0n) is 24.6. The summed E-state index contributed by atoms with van der Waals surface area (Å²) >= 11 is 7.10. The summed E-state index contributed by atoms with van der Waals surface area (Å²) in [5.41, 5.74) is 3.65. The van der Waals surface area contributed by atoms with E-state index in [0.717, 1.165) is 36.1 Å². The van der Waals surface area contributed by atoms with Crippen LogP contribution < -0.4 is 10.4 Å². The van der Waals surface area contributed by atoms with Crippen LogP contribution in [0.3, 0.4) is 0 Å². The second-order valence-electron chi connectivity index (χ2n) is 12.4. The predicted molar refractivity (Wildman–Crippen MR) is 172 cm³/mol. The minimum Gasteiger partial charge on any atom is -0.468 e. The Morgan fingerprint density at radius 1 is 1.05 bits per heavy atom. The van der Waals surface area contributed by atoms with Crippen LogP contribution >= 0.6 is 24.0 Å². The third kappa shape index (κ3) is 6.62. The van der Waals surface area contributed by atoms with Gasteiger partial charge in [0, 0.05) is 0 Å². The summed E-state index contributed by atoms with van der Waals surface area (Å²) in [7, 11) is -3.19. The van der Waals surface area contributed by atoms with Gasteiger partial charge in [0.15, 0.2) is 0 Å². The van der Waals surface area contributed by atoms with Crippen molar-refractivity contribution in [3.05, 3.63) is 84.0 Å². The molecule has 0 heterocycles. The molecular weight excluding hydrogens is 537 g/mol. The molecule has 3 nitrogen and oxygen atoms in total. The van der Waals surface area contributed by atoms with Crippen molar-refractivity contribution in [3.63, 3.8) is 0 Å². The molecule has 2 aliphatic carbocycles. The van der Waals surface area contributed by atoms with Crippen molar-refractivity contribution in [2.24, 2.45) is 11.3 Å². The summed E-state index contributed by atoms with van der Waals surface area (Å²) in [5, 5.41) is 2.20. The van der Waals surface area contributed by atoms with Gasteiger partial charge in [0.05, 0.1) is 11.7 Å². The summed E-state index contributed by atoms with van der Waals surface area (Å²) in [5.74, 6) is 0.514. The number of benzene rings is 2. The van der Waals surface area contributed by atoms with E-state index in [9.17, 15) is 0 Å². The Labute approximate surface area is 246 Å². The molecule has 39 heavy (non-hydrogen) atoms. The lowest BCUT2D eigenvalue weighted by atomic mass is 9.60. The lowest BCUT2D eigenvalue weighted by molar-refractivity contribution is -0.0150. The summed E-state index contributed by atoms with van der Waals surface area (Å²) in [6.45, 7) is 17.5. The molecule has 0 aliphatic heterocycles. The highest BCUT2D eigenvalue weighted by Crippen LogP contribution is 2.53. The molecule has 6 heteroatoms. The predicted octanol–water partition coefficient (Wildman–Crippen LogP) is 7.58. The number of fused-ring (bicyclic) bond motifs is 1. The van der Waals surface area contributed by atoms with Crippen molar-refractivity contribution in [1.29, 1.82) is 0 Å². The highest BCUT2D eigenvalue weighted by Gasteiger charge is 2.53. The number of allylic oxidation sites excluding steroid dienone is 2. The maximum atomic E-state index is 7.52. The highest BCUT2D eigenvalue weighted by molar-refractivity contribution is 8.22. The van der Waals surface area contributed by atoms with Crippen molar-refractivity contribution in [3.8, 4) is 0 Å². The van der Waals surface area contributed by atoms with E-state index in [-0.39, 0.29) is 17.6 Å². The van der Waals surface area contributed by atoms with E-state index >= 15 is 0 Å². The normalized spacial score (nSPS) is 25.7. The van der Waals surface area contributed by atoms with Gasteiger partial charge in [-0.1, -0.05) is 97.1 Å². The van der Waals surface area contributed by atoms with Crippen LogP contribution in [0.1, 0.15) is 67.2 Å². The van der Waals surface area contributed by atoms with Crippen LogP contribution in [0.4, 0.5) is 0 Å². The fraction of sp³-hybridized carbons (Fsp3) is 0.485. The van der Waals surface area contributed by atoms with Crippen LogP contribution in [0.25, 0.3) is 0 Å². The first-order valence-electron chi connectivity index (χ1n) is 14.0. The third-order valence-corrected chi connectivity index (χ3v) is 13.0. The van der Waals surface area contributed by atoms with Gasteiger partial charge in [0.2, 0.25) is 4.38 Å². The quantitative estimate of drug-likeness (QED) is 0.191. The van der Waals surface area contributed by atoms with Gasteiger partial charge in [-0.3, -0.25) is 0 Å². The molecule has 1 unspecified atom stereocenters. The molecule has 0 saturated heterocycles.